The second-order valence-electron chi connectivity index (χ2n) is 5.41. The molecule has 1 aromatic carbocycles. The van der Waals surface area contributed by atoms with Crippen LogP contribution in [-0.2, 0) is 0 Å². The summed E-state index contributed by atoms with van der Waals surface area (Å²) in [5.74, 6) is 0.788. The highest BCUT2D eigenvalue weighted by atomic mass is 16.5. The van der Waals surface area contributed by atoms with Crippen molar-refractivity contribution in [1.29, 1.82) is 0 Å². The van der Waals surface area contributed by atoms with E-state index in [9.17, 15) is 0 Å². The van der Waals surface area contributed by atoms with Gasteiger partial charge in [-0.05, 0) is 44.5 Å². The van der Waals surface area contributed by atoms with Crippen LogP contribution in [0.25, 0.3) is 0 Å². The van der Waals surface area contributed by atoms with Crippen LogP contribution in [-0.4, -0.2) is 37.2 Å². The highest BCUT2D eigenvalue weighted by molar-refractivity contribution is 5.61. The van der Waals surface area contributed by atoms with Crippen molar-refractivity contribution >= 4 is 11.4 Å². The van der Waals surface area contributed by atoms with Crippen molar-refractivity contribution in [3.63, 3.8) is 0 Å². The summed E-state index contributed by atoms with van der Waals surface area (Å²) in [7, 11) is 0. The quantitative estimate of drug-likeness (QED) is 0.752. The van der Waals surface area contributed by atoms with Crippen molar-refractivity contribution in [3.8, 4) is 5.75 Å². The molecular weight excluding hydrogens is 250 g/mol. The Kier molecular flexibility index (Phi) is 5.53. The van der Waals surface area contributed by atoms with E-state index in [0.717, 1.165) is 30.9 Å². The lowest BCUT2D eigenvalue weighted by atomic mass is 10.2. The molecule has 1 aliphatic heterocycles. The third-order valence-corrected chi connectivity index (χ3v) is 3.92. The summed E-state index contributed by atoms with van der Waals surface area (Å²) >= 11 is 0. The molecule has 20 heavy (non-hydrogen) atoms. The fraction of sp³-hybridized carbons (Fsp3) is 0.625. The second kappa shape index (κ2) is 7.39. The van der Waals surface area contributed by atoms with Crippen LogP contribution in [0, 0.1) is 0 Å². The fourth-order valence-corrected chi connectivity index (χ4v) is 2.76. The Morgan fingerprint density at radius 2 is 2.25 bits per heavy atom. The predicted molar refractivity (Wildman–Crippen MR) is 85.4 cm³/mol. The van der Waals surface area contributed by atoms with Crippen LogP contribution in [0.15, 0.2) is 18.2 Å². The first-order chi connectivity index (χ1) is 9.74. The Balaban J connectivity index is 1.92. The van der Waals surface area contributed by atoms with Crippen LogP contribution in [0.4, 0.5) is 11.4 Å². The van der Waals surface area contributed by atoms with Crippen molar-refractivity contribution < 1.29 is 4.74 Å². The second-order valence-corrected chi connectivity index (χ2v) is 5.41. The van der Waals surface area contributed by atoms with Crippen LogP contribution in [0.3, 0.4) is 0 Å². The maximum Gasteiger partial charge on any atom is 0.144 e. The van der Waals surface area contributed by atoms with Gasteiger partial charge in [-0.3, -0.25) is 4.90 Å². The molecule has 0 bridgehead atoms. The molecule has 1 atom stereocenters. The Hall–Kier alpha value is -1.42. The van der Waals surface area contributed by atoms with Gasteiger partial charge >= 0.3 is 0 Å². The molecule has 1 aromatic rings. The third-order valence-electron chi connectivity index (χ3n) is 3.92. The predicted octanol–water partition coefficient (Wildman–Crippen LogP) is 2.95. The van der Waals surface area contributed by atoms with E-state index in [0.29, 0.717) is 18.3 Å². The summed E-state index contributed by atoms with van der Waals surface area (Å²) in [6.07, 6.45) is 3.59. The van der Waals surface area contributed by atoms with E-state index in [1.165, 1.54) is 19.4 Å². The molecule has 1 aliphatic rings. The van der Waals surface area contributed by atoms with Gasteiger partial charge in [0, 0.05) is 24.3 Å². The van der Waals surface area contributed by atoms with Crippen molar-refractivity contribution in [1.82, 2.24) is 4.90 Å². The van der Waals surface area contributed by atoms with Crippen LogP contribution in [0.5, 0.6) is 5.75 Å². The van der Waals surface area contributed by atoms with Crippen LogP contribution in [0.2, 0.25) is 0 Å². The van der Waals surface area contributed by atoms with Crippen molar-refractivity contribution in [2.24, 2.45) is 0 Å². The summed E-state index contributed by atoms with van der Waals surface area (Å²) in [5, 5.41) is 3.52. The number of rotatable bonds is 7. The summed E-state index contributed by atoms with van der Waals surface area (Å²) in [6.45, 7) is 8.40. The van der Waals surface area contributed by atoms with Gasteiger partial charge in [-0.25, -0.2) is 0 Å². The molecule has 0 aromatic heterocycles. The van der Waals surface area contributed by atoms with E-state index in [1.807, 2.05) is 18.2 Å². The molecular formula is C16H27N3O. The van der Waals surface area contributed by atoms with Crippen LogP contribution < -0.4 is 15.8 Å². The van der Waals surface area contributed by atoms with Crippen LogP contribution >= 0.6 is 0 Å². The van der Waals surface area contributed by atoms with Gasteiger partial charge in [0.2, 0.25) is 0 Å². The van der Waals surface area contributed by atoms with Crippen molar-refractivity contribution in [2.75, 3.05) is 37.3 Å². The molecule has 4 nitrogen and oxygen atoms in total. The largest absolute Gasteiger partial charge is 0.491 e. The van der Waals surface area contributed by atoms with Gasteiger partial charge in [-0.15, -0.1) is 0 Å². The minimum Gasteiger partial charge on any atom is -0.491 e. The molecule has 4 heteroatoms. The first-order valence-electron chi connectivity index (χ1n) is 7.74. The number of nitrogen functional groups attached to an aromatic ring is 1. The smallest absolute Gasteiger partial charge is 0.144 e. The molecule has 112 valence electrons. The van der Waals surface area contributed by atoms with E-state index in [-0.39, 0.29) is 0 Å². The van der Waals surface area contributed by atoms with Gasteiger partial charge < -0.3 is 15.8 Å². The van der Waals surface area contributed by atoms with Gasteiger partial charge in [0.1, 0.15) is 5.75 Å². The highest BCUT2D eigenvalue weighted by Gasteiger charge is 2.22. The number of likely N-dealkylation sites (N-methyl/N-ethyl adjacent to an activating group) is 1. The summed E-state index contributed by atoms with van der Waals surface area (Å²) in [4.78, 5) is 2.54. The highest BCUT2D eigenvalue weighted by Crippen LogP contribution is 2.26. The lowest BCUT2D eigenvalue weighted by Gasteiger charge is -2.23. The van der Waals surface area contributed by atoms with Crippen molar-refractivity contribution in [3.05, 3.63) is 18.2 Å². The maximum atomic E-state index is 5.93. The topological polar surface area (TPSA) is 50.5 Å². The Bertz CT molecular complexity index is 422. The molecule has 3 N–H and O–H groups in total. The monoisotopic (exact) mass is 277 g/mol. The lowest BCUT2D eigenvalue weighted by molar-refractivity contribution is 0.277. The first-order valence-corrected chi connectivity index (χ1v) is 7.74. The number of anilines is 2. The normalized spacial score (nSPS) is 19.2. The number of benzene rings is 1. The Labute approximate surface area is 122 Å². The van der Waals surface area contributed by atoms with Crippen molar-refractivity contribution in [2.45, 2.75) is 39.2 Å². The molecule has 0 spiro atoms. The molecule has 0 radical (unpaired) electrons. The zero-order valence-corrected chi connectivity index (χ0v) is 12.7. The van der Waals surface area contributed by atoms with Gasteiger partial charge in [-0.1, -0.05) is 13.8 Å². The molecule has 1 unspecified atom stereocenters. The Morgan fingerprint density at radius 1 is 1.40 bits per heavy atom. The Morgan fingerprint density at radius 3 is 3.00 bits per heavy atom. The van der Waals surface area contributed by atoms with Gasteiger partial charge in [-0.2, -0.15) is 0 Å². The number of ether oxygens (including phenoxy) is 1. The van der Waals surface area contributed by atoms with Gasteiger partial charge in [0.05, 0.1) is 12.3 Å². The van der Waals surface area contributed by atoms with Gasteiger partial charge in [0.25, 0.3) is 0 Å². The molecule has 0 saturated carbocycles. The molecule has 0 aliphatic carbocycles. The zero-order chi connectivity index (χ0) is 14.4. The number of nitrogens with one attached hydrogen (secondary N) is 1. The van der Waals surface area contributed by atoms with Crippen LogP contribution in [0.1, 0.15) is 33.1 Å². The van der Waals surface area contributed by atoms with E-state index >= 15 is 0 Å². The third kappa shape index (κ3) is 3.79. The molecule has 1 heterocycles. The molecule has 2 rings (SSSR count). The lowest BCUT2D eigenvalue weighted by Crippen LogP contribution is -2.34. The number of likely N-dealkylation sites (tertiary alicyclic amines) is 1. The average Bonchev–Trinajstić information content (AvgIpc) is 2.92. The summed E-state index contributed by atoms with van der Waals surface area (Å²) < 4.78 is 5.67. The maximum absolute atomic E-state index is 5.93. The van der Waals surface area contributed by atoms with Gasteiger partial charge in [0.15, 0.2) is 0 Å². The number of nitrogens with zero attached hydrogens (tertiary/aromatic N) is 1. The number of nitrogens with two attached hydrogens (primary N) is 1. The molecule has 1 fully saturated rings. The first kappa shape index (κ1) is 15.0. The summed E-state index contributed by atoms with van der Waals surface area (Å²) in [5.41, 5.74) is 7.73. The molecule has 1 saturated heterocycles. The number of hydrogen-bond acceptors (Lipinski definition) is 4. The van der Waals surface area contributed by atoms with E-state index < -0.39 is 0 Å². The summed E-state index contributed by atoms with van der Waals surface area (Å²) in [6, 6.07) is 6.60. The minimum absolute atomic E-state index is 0.651. The average molecular weight is 277 g/mol. The minimum atomic E-state index is 0.651. The standard InChI is InChI=1S/C16H27N3O/c1-3-10-20-16-11-13(7-8-15(16)17)18-12-14-6-5-9-19(14)4-2/h7-8,11,14,18H,3-6,9-10,12,17H2,1-2H3. The van der Waals surface area contributed by atoms with E-state index in [2.05, 4.69) is 24.1 Å². The molecule has 0 amide bonds. The van der Waals surface area contributed by atoms with E-state index in [1.54, 1.807) is 0 Å². The SMILES string of the molecule is CCCOc1cc(NCC2CCCN2CC)ccc1N. The zero-order valence-electron chi connectivity index (χ0n) is 12.7. The fourth-order valence-electron chi connectivity index (χ4n) is 2.76. The van der Waals surface area contributed by atoms with E-state index in [4.69, 9.17) is 10.5 Å². The number of hydrogen-bond donors (Lipinski definition) is 2.